The van der Waals surface area contributed by atoms with Gasteiger partial charge in [-0.05, 0) is 42.3 Å². The van der Waals surface area contributed by atoms with Crippen molar-refractivity contribution >= 4 is 11.8 Å². The molecule has 2 amide bonds. The molecule has 0 bridgehead atoms. The number of nitrogens with one attached hydrogen (secondary N) is 1. The van der Waals surface area contributed by atoms with Crippen LogP contribution in [0.3, 0.4) is 0 Å². The normalized spacial score (nSPS) is 12.7. The van der Waals surface area contributed by atoms with Crippen LogP contribution in [-0.2, 0) is 13.1 Å². The molecule has 8 nitrogen and oxygen atoms in total. The number of carbonyl (C=O) groups is 2. The molecule has 0 saturated carbocycles. The van der Waals surface area contributed by atoms with Gasteiger partial charge < -0.3 is 24.2 Å². The second-order valence-corrected chi connectivity index (χ2v) is 8.73. The highest BCUT2D eigenvalue weighted by atomic mass is 19.1. The van der Waals surface area contributed by atoms with Crippen LogP contribution in [0.2, 0.25) is 0 Å². The van der Waals surface area contributed by atoms with E-state index in [0.717, 1.165) is 23.3 Å². The van der Waals surface area contributed by atoms with Crippen molar-refractivity contribution in [2.45, 2.75) is 26.1 Å². The molecule has 1 aromatic heterocycles. The summed E-state index contributed by atoms with van der Waals surface area (Å²) in [4.78, 5) is 27.5. The number of ether oxygens (including phenoxy) is 2. The van der Waals surface area contributed by atoms with Gasteiger partial charge in [0.2, 0.25) is 6.79 Å². The summed E-state index contributed by atoms with van der Waals surface area (Å²) in [5.74, 6) is -1.32. The van der Waals surface area contributed by atoms with Gasteiger partial charge in [-0.1, -0.05) is 41.6 Å². The summed E-state index contributed by atoms with van der Waals surface area (Å²) in [5.41, 5.74) is 1.49. The van der Waals surface area contributed by atoms with Gasteiger partial charge in [0.15, 0.2) is 23.0 Å². The van der Waals surface area contributed by atoms with Crippen LogP contribution in [0.15, 0.2) is 77.3 Å². The summed E-state index contributed by atoms with van der Waals surface area (Å²) >= 11 is 0. The molecular formula is C28H23F2N3O5. The lowest BCUT2D eigenvalue weighted by Gasteiger charge is -2.29. The Bertz CT molecular complexity index is 1450. The molecule has 38 heavy (non-hydrogen) atoms. The molecule has 5 rings (SSSR count). The van der Waals surface area contributed by atoms with Gasteiger partial charge in [-0.15, -0.1) is 0 Å². The molecule has 1 aliphatic heterocycles. The van der Waals surface area contributed by atoms with Gasteiger partial charge in [0.1, 0.15) is 11.6 Å². The monoisotopic (exact) mass is 519 g/mol. The zero-order valence-electron chi connectivity index (χ0n) is 20.3. The molecule has 10 heteroatoms. The average Bonchev–Trinajstić information content (AvgIpc) is 3.59. The average molecular weight is 520 g/mol. The Kier molecular flexibility index (Phi) is 7.03. The second kappa shape index (κ2) is 10.7. The van der Waals surface area contributed by atoms with Gasteiger partial charge in [0, 0.05) is 24.2 Å². The Labute approximate surface area is 216 Å². The highest BCUT2D eigenvalue weighted by Crippen LogP contribution is 2.32. The summed E-state index contributed by atoms with van der Waals surface area (Å²) < 4.78 is 43.7. The van der Waals surface area contributed by atoms with Crippen molar-refractivity contribution < 1.29 is 32.4 Å². The molecule has 1 atom stereocenters. The van der Waals surface area contributed by atoms with Crippen LogP contribution in [-0.4, -0.2) is 28.7 Å². The number of hydrogen-bond acceptors (Lipinski definition) is 6. The lowest BCUT2D eigenvalue weighted by Crippen LogP contribution is -2.33. The van der Waals surface area contributed by atoms with Gasteiger partial charge >= 0.3 is 0 Å². The Morgan fingerprint density at radius 2 is 1.71 bits per heavy atom. The molecule has 0 saturated heterocycles. The van der Waals surface area contributed by atoms with E-state index in [1.807, 2.05) is 36.4 Å². The first-order valence-electron chi connectivity index (χ1n) is 11.8. The first-order chi connectivity index (χ1) is 18.4. The number of hydrogen-bond donors (Lipinski definition) is 1. The predicted octanol–water partition coefficient (Wildman–Crippen LogP) is 5.02. The highest BCUT2D eigenvalue weighted by molar-refractivity contribution is 5.94. The summed E-state index contributed by atoms with van der Waals surface area (Å²) in [7, 11) is 0. The maximum Gasteiger partial charge on any atom is 0.273 e. The van der Waals surface area contributed by atoms with Crippen molar-refractivity contribution in [1.82, 2.24) is 15.4 Å². The van der Waals surface area contributed by atoms with Crippen molar-refractivity contribution in [2.75, 3.05) is 6.79 Å². The van der Waals surface area contributed by atoms with Crippen molar-refractivity contribution in [3.05, 3.63) is 113 Å². The molecule has 0 fully saturated rings. The van der Waals surface area contributed by atoms with E-state index in [0.29, 0.717) is 17.6 Å². The van der Waals surface area contributed by atoms with E-state index in [4.69, 9.17) is 14.0 Å². The van der Waals surface area contributed by atoms with E-state index in [9.17, 15) is 18.4 Å². The fraction of sp³-hybridized carbons (Fsp3) is 0.179. The number of fused-ring (bicyclic) bond motifs is 1. The third-order valence-electron chi connectivity index (χ3n) is 6.13. The summed E-state index contributed by atoms with van der Waals surface area (Å²) in [6.07, 6.45) is 0. The zero-order chi connectivity index (χ0) is 26.6. The minimum atomic E-state index is -0.859. The minimum Gasteiger partial charge on any atom is -0.454 e. The highest BCUT2D eigenvalue weighted by Gasteiger charge is 2.26. The van der Waals surface area contributed by atoms with Crippen molar-refractivity contribution in [3.8, 4) is 11.5 Å². The van der Waals surface area contributed by atoms with E-state index in [1.165, 1.54) is 11.0 Å². The van der Waals surface area contributed by atoms with E-state index in [1.54, 1.807) is 19.1 Å². The standard InChI is InChI=1S/C28H23F2N3O5/c1-17(19-5-3-2-4-6-19)33(28(35)20-10-21(29)12-22(30)11-20)15-23-13-24(32-38-23)27(34)31-14-18-7-8-25-26(9-18)37-16-36-25/h2-13,17H,14-16H2,1H3,(H,31,34). The molecule has 0 aliphatic carbocycles. The molecule has 2 heterocycles. The molecule has 3 aromatic carbocycles. The Balaban J connectivity index is 1.32. The largest absolute Gasteiger partial charge is 0.454 e. The fourth-order valence-corrected chi connectivity index (χ4v) is 4.13. The first-order valence-corrected chi connectivity index (χ1v) is 11.8. The number of halogens is 2. The van der Waals surface area contributed by atoms with E-state index in [2.05, 4.69) is 10.5 Å². The molecule has 194 valence electrons. The lowest BCUT2D eigenvalue weighted by molar-refractivity contribution is 0.0652. The topological polar surface area (TPSA) is 93.9 Å². The Hall–Kier alpha value is -4.73. The molecule has 4 aromatic rings. The smallest absolute Gasteiger partial charge is 0.273 e. The van der Waals surface area contributed by atoms with Crippen LogP contribution >= 0.6 is 0 Å². The van der Waals surface area contributed by atoms with Crippen molar-refractivity contribution in [3.63, 3.8) is 0 Å². The third-order valence-corrected chi connectivity index (χ3v) is 6.13. The molecule has 0 spiro atoms. The summed E-state index contributed by atoms with van der Waals surface area (Å²) in [6.45, 7) is 2.08. The van der Waals surface area contributed by atoms with Crippen molar-refractivity contribution in [2.24, 2.45) is 0 Å². The number of aromatic nitrogens is 1. The van der Waals surface area contributed by atoms with Crippen LogP contribution in [0.25, 0.3) is 0 Å². The first kappa shape index (κ1) is 24.9. The Morgan fingerprint density at radius 1 is 0.974 bits per heavy atom. The molecule has 1 unspecified atom stereocenters. The predicted molar refractivity (Wildman–Crippen MR) is 131 cm³/mol. The number of benzene rings is 3. The minimum absolute atomic E-state index is 0.0253. The number of carbonyl (C=O) groups excluding carboxylic acids is 2. The second-order valence-electron chi connectivity index (χ2n) is 8.73. The zero-order valence-corrected chi connectivity index (χ0v) is 20.3. The maximum absolute atomic E-state index is 13.9. The van der Waals surface area contributed by atoms with Crippen LogP contribution in [0.1, 0.15) is 50.7 Å². The van der Waals surface area contributed by atoms with Crippen LogP contribution < -0.4 is 14.8 Å². The van der Waals surface area contributed by atoms with E-state index < -0.39 is 29.5 Å². The fourth-order valence-electron chi connectivity index (χ4n) is 4.13. The number of amides is 2. The number of nitrogens with zero attached hydrogens (tertiary/aromatic N) is 2. The van der Waals surface area contributed by atoms with Crippen LogP contribution in [0.5, 0.6) is 11.5 Å². The maximum atomic E-state index is 13.9. The molecule has 0 radical (unpaired) electrons. The molecular weight excluding hydrogens is 496 g/mol. The molecule has 1 N–H and O–H groups in total. The lowest BCUT2D eigenvalue weighted by atomic mass is 10.0. The number of rotatable bonds is 8. The third kappa shape index (κ3) is 5.49. The van der Waals surface area contributed by atoms with Gasteiger partial charge in [0.05, 0.1) is 12.6 Å². The van der Waals surface area contributed by atoms with Gasteiger partial charge in [0.25, 0.3) is 11.8 Å². The van der Waals surface area contributed by atoms with E-state index >= 15 is 0 Å². The summed E-state index contributed by atoms with van der Waals surface area (Å²) in [5, 5.41) is 6.60. The van der Waals surface area contributed by atoms with Crippen LogP contribution in [0.4, 0.5) is 8.78 Å². The van der Waals surface area contributed by atoms with Crippen molar-refractivity contribution in [1.29, 1.82) is 0 Å². The van der Waals surface area contributed by atoms with Crippen LogP contribution in [0, 0.1) is 11.6 Å². The van der Waals surface area contributed by atoms with E-state index in [-0.39, 0.29) is 36.9 Å². The van der Waals surface area contributed by atoms with Gasteiger partial charge in [-0.2, -0.15) is 0 Å². The SMILES string of the molecule is CC(c1ccccc1)N(Cc1cc(C(=O)NCc2ccc3c(c2)OCO3)no1)C(=O)c1cc(F)cc(F)c1. The van der Waals surface area contributed by atoms with Gasteiger partial charge in [-0.25, -0.2) is 8.78 Å². The Morgan fingerprint density at radius 3 is 2.47 bits per heavy atom. The summed E-state index contributed by atoms with van der Waals surface area (Å²) in [6, 6.07) is 18.1. The van der Waals surface area contributed by atoms with Gasteiger partial charge in [-0.3, -0.25) is 9.59 Å². The quantitative estimate of drug-likeness (QED) is 0.352. The molecule has 1 aliphatic rings.